The van der Waals surface area contributed by atoms with Crippen molar-refractivity contribution >= 4 is 22.8 Å². The van der Waals surface area contributed by atoms with Crippen molar-refractivity contribution in [1.82, 2.24) is 5.32 Å². The van der Waals surface area contributed by atoms with Gasteiger partial charge in [0.25, 0.3) is 5.91 Å². The molecule has 3 rings (SSSR count). The number of hydrogen-bond donors (Lipinski definition) is 1. The van der Waals surface area contributed by atoms with Gasteiger partial charge >= 0.3 is 5.97 Å². The Balaban J connectivity index is 1.54. The molecule has 0 spiro atoms. The summed E-state index contributed by atoms with van der Waals surface area (Å²) in [6.45, 7) is -0.397. The van der Waals surface area contributed by atoms with Gasteiger partial charge in [0.05, 0.1) is 25.9 Å². The largest absolute Gasteiger partial charge is 0.497 e. The van der Waals surface area contributed by atoms with Crippen LogP contribution in [0.25, 0.3) is 11.0 Å². The van der Waals surface area contributed by atoms with E-state index < -0.39 is 24.0 Å². The third kappa shape index (κ3) is 4.40. The van der Waals surface area contributed by atoms with E-state index in [0.29, 0.717) is 29.7 Å². The normalized spacial score (nSPS) is 15.7. The van der Waals surface area contributed by atoms with Crippen molar-refractivity contribution in [1.29, 1.82) is 5.26 Å². The SMILES string of the molecule is COc1ccc2c(CC(=O)OCC(=O)NC3(C#N)CCCCC3)coc2c1. The number of ether oxygens (including phenoxy) is 2. The number of hydrogen-bond acceptors (Lipinski definition) is 6. The third-order valence-corrected chi connectivity index (χ3v) is 4.86. The van der Waals surface area contributed by atoms with Crippen LogP contribution in [0.5, 0.6) is 5.75 Å². The van der Waals surface area contributed by atoms with Crippen molar-refractivity contribution < 1.29 is 23.5 Å². The molecule has 0 bridgehead atoms. The molecule has 142 valence electrons. The van der Waals surface area contributed by atoms with E-state index in [1.807, 2.05) is 6.07 Å². The zero-order valence-electron chi connectivity index (χ0n) is 15.2. The Morgan fingerprint density at radius 3 is 2.78 bits per heavy atom. The minimum absolute atomic E-state index is 0.00397. The fourth-order valence-corrected chi connectivity index (χ4v) is 3.40. The summed E-state index contributed by atoms with van der Waals surface area (Å²) in [5, 5.41) is 12.9. The van der Waals surface area contributed by atoms with Crippen molar-refractivity contribution in [3.05, 3.63) is 30.0 Å². The van der Waals surface area contributed by atoms with Crippen LogP contribution in [0, 0.1) is 11.3 Å². The van der Waals surface area contributed by atoms with Gasteiger partial charge in [-0.15, -0.1) is 0 Å². The molecule has 0 saturated heterocycles. The molecule has 1 aliphatic carbocycles. The van der Waals surface area contributed by atoms with E-state index in [1.54, 1.807) is 19.2 Å². The molecular formula is C20H22N2O5. The molecule has 1 saturated carbocycles. The summed E-state index contributed by atoms with van der Waals surface area (Å²) in [5.41, 5.74) is 0.462. The Bertz CT molecular complexity index is 874. The first-order valence-electron chi connectivity index (χ1n) is 8.97. The Morgan fingerprint density at radius 2 is 2.07 bits per heavy atom. The number of furan rings is 1. The third-order valence-electron chi connectivity index (χ3n) is 4.86. The van der Waals surface area contributed by atoms with Crippen molar-refractivity contribution in [2.75, 3.05) is 13.7 Å². The predicted molar refractivity (Wildman–Crippen MR) is 97.0 cm³/mol. The van der Waals surface area contributed by atoms with E-state index in [0.717, 1.165) is 24.6 Å². The molecule has 1 amide bonds. The molecule has 0 unspecified atom stereocenters. The minimum Gasteiger partial charge on any atom is -0.497 e. The highest BCUT2D eigenvalue weighted by atomic mass is 16.5. The van der Waals surface area contributed by atoms with Crippen molar-refractivity contribution in [2.45, 2.75) is 44.1 Å². The van der Waals surface area contributed by atoms with Gasteiger partial charge in [0.2, 0.25) is 0 Å². The van der Waals surface area contributed by atoms with Gasteiger partial charge in [-0.25, -0.2) is 0 Å². The Labute approximate surface area is 157 Å². The van der Waals surface area contributed by atoms with Crippen LogP contribution in [0.4, 0.5) is 0 Å². The Hall–Kier alpha value is -3.01. The standard InChI is InChI=1S/C20H22N2O5/c1-25-15-5-6-16-14(11-26-17(16)10-15)9-19(24)27-12-18(23)22-20(13-21)7-3-2-4-8-20/h5-6,10-11H,2-4,7-9,12H2,1H3,(H,22,23). The van der Waals surface area contributed by atoms with Crippen molar-refractivity contribution in [3.63, 3.8) is 0 Å². The number of nitriles is 1. The summed E-state index contributed by atoms with van der Waals surface area (Å²) in [4.78, 5) is 24.2. The number of methoxy groups -OCH3 is 1. The first-order valence-corrected chi connectivity index (χ1v) is 8.97. The molecule has 27 heavy (non-hydrogen) atoms. The van der Waals surface area contributed by atoms with Crippen LogP contribution in [0.1, 0.15) is 37.7 Å². The number of rotatable bonds is 6. The molecule has 1 aliphatic rings. The lowest BCUT2D eigenvalue weighted by Crippen LogP contribution is -2.50. The Kier molecular flexibility index (Phi) is 5.65. The number of nitrogens with zero attached hydrogens (tertiary/aromatic N) is 1. The highest BCUT2D eigenvalue weighted by Gasteiger charge is 2.33. The quantitative estimate of drug-likeness (QED) is 0.785. The summed E-state index contributed by atoms with van der Waals surface area (Å²) in [6, 6.07) is 7.54. The smallest absolute Gasteiger partial charge is 0.310 e. The van der Waals surface area contributed by atoms with Crippen LogP contribution < -0.4 is 10.1 Å². The lowest BCUT2D eigenvalue weighted by atomic mass is 9.83. The van der Waals surface area contributed by atoms with Gasteiger partial charge in [-0.3, -0.25) is 9.59 Å². The average Bonchev–Trinajstić information content (AvgIpc) is 3.09. The maximum Gasteiger partial charge on any atom is 0.310 e. The molecule has 1 N–H and O–H groups in total. The highest BCUT2D eigenvalue weighted by Crippen LogP contribution is 2.28. The molecule has 0 radical (unpaired) electrons. The van der Waals surface area contributed by atoms with Crippen LogP contribution in [-0.2, 0) is 20.7 Å². The van der Waals surface area contributed by atoms with Crippen LogP contribution in [-0.4, -0.2) is 31.1 Å². The van der Waals surface area contributed by atoms with Crippen molar-refractivity contribution in [3.8, 4) is 11.8 Å². The number of esters is 1. The summed E-state index contributed by atoms with van der Waals surface area (Å²) < 4.78 is 15.7. The minimum atomic E-state index is -0.832. The van der Waals surface area contributed by atoms with Gasteiger partial charge in [0.15, 0.2) is 6.61 Å². The predicted octanol–water partition coefficient (Wildman–Crippen LogP) is 2.87. The Morgan fingerprint density at radius 1 is 1.30 bits per heavy atom. The molecule has 1 heterocycles. The zero-order valence-corrected chi connectivity index (χ0v) is 15.2. The van der Waals surface area contributed by atoms with E-state index in [-0.39, 0.29) is 6.42 Å². The molecule has 7 nitrogen and oxygen atoms in total. The van der Waals surface area contributed by atoms with Crippen LogP contribution >= 0.6 is 0 Å². The first-order chi connectivity index (χ1) is 13.0. The molecule has 7 heteroatoms. The van der Waals surface area contributed by atoms with Gasteiger partial charge in [0, 0.05) is 17.0 Å². The second kappa shape index (κ2) is 8.12. The highest BCUT2D eigenvalue weighted by molar-refractivity contribution is 5.87. The molecule has 1 aromatic heterocycles. The molecule has 2 aromatic rings. The number of fused-ring (bicyclic) bond motifs is 1. The van der Waals surface area contributed by atoms with Gasteiger partial charge < -0.3 is 19.2 Å². The molecule has 1 fully saturated rings. The number of carbonyl (C=O) groups excluding carboxylic acids is 2. The van der Waals surface area contributed by atoms with E-state index in [9.17, 15) is 14.9 Å². The molecule has 0 aliphatic heterocycles. The van der Waals surface area contributed by atoms with Crippen LogP contribution in [0.15, 0.2) is 28.9 Å². The lowest BCUT2D eigenvalue weighted by Gasteiger charge is -2.31. The maximum atomic E-state index is 12.1. The van der Waals surface area contributed by atoms with Crippen molar-refractivity contribution in [2.24, 2.45) is 0 Å². The first kappa shape index (κ1) is 18.8. The molecule has 1 aromatic carbocycles. The summed E-state index contributed by atoms with van der Waals surface area (Å²) in [5.74, 6) is -0.316. The van der Waals surface area contributed by atoms with Gasteiger partial charge in [-0.1, -0.05) is 19.3 Å². The lowest BCUT2D eigenvalue weighted by molar-refractivity contribution is -0.148. The topological polar surface area (TPSA) is 102 Å². The number of amides is 1. The fourth-order valence-electron chi connectivity index (χ4n) is 3.40. The molecule has 0 atom stereocenters. The van der Waals surface area contributed by atoms with Gasteiger partial charge in [-0.2, -0.15) is 5.26 Å². The maximum absolute atomic E-state index is 12.1. The van der Waals surface area contributed by atoms with Crippen LogP contribution in [0.3, 0.4) is 0 Å². The van der Waals surface area contributed by atoms with E-state index >= 15 is 0 Å². The molecular weight excluding hydrogens is 348 g/mol. The number of benzene rings is 1. The summed E-state index contributed by atoms with van der Waals surface area (Å²) >= 11 is 0. The average molecular weight is 370 g/mol. The monoisotopic (exact) mass is 370 g/mol. The van der Waals surface area contributed by atoms with E-state index in [4.69, 9.17) is 13.9 Å². The summed E-state index contributed by atoms with van der Waals surface area (Å²) in [7, 11) is 1.57. The second-order valence-corrected chi connectivity index (χ2v) is 6.76. The van der Waals surface area contributed by atoms with Crippen LogP contribution in [0.2, 0.25) is 0 Å². The second-order valence-electron chi connectivity index (χ2n) is 6.76. The number of nitrogens with one attached hydrogen (secondary N) is 1. The summed E-state index contributed by atoms with van der Waals surface area (Å²) in [6.07, 6.45) is 5.65. The van der Waals surface area contributed by atoms with Gasteiger partial charge in [0.1, 0.15) is 16.9 Å². The van der Waals surface area contributed by atoms with Gasteiger partial charge in [-0.05, 0) is 25.0 Å². The zero-order chi connectivity index (χ0) is 19.3. The van der Waals surface area contributed by atoms with E-state index in [2.05, 4.69) is 11.4 Å². The van der Waals surface area contributed by atoms with E-state index in [1.165, 1.54) is 6.26 Å². The fraction of sp³-hybridized carbons (Fsp3) is 0.450. The number of carbonyl (C=O) groups is 2.